The molecule has 4 rings (SSSR count). The molecule has 0 fully saturated rings. The minimum atomic E-state index is 0.379. The summed E-state index contributed by atoms with van der Waals surface area (Å²) in [7, 11) is 3.39. The summed E-state index contributed by atoms with van der Waals surface area (Å²) in [4.78, 5) is 7.39. The van der Waals surface area contributed by atoms with Crippen LogP contribution in [0.1, 0.15) is 40.6 Å². The summed E-state index contributed by atoms with van der Waals surface area (Å²) >= 11 is 0. The van der Waals surface area contributed by atoms with Gasteiger partial charge in [-0.15, -0.1) is 0 Å². The van der Waals surface area contributed by atoms with Crippen LogP contribution in [0.3, 0.4) is 0 Å². The molecule has 1 heterocycles. The second kappa shape index (κ2) is 6.63. The van der Waals surface area contributed by atoms with Crippen molar-refractivity contribution in [3.8, 4) is 11.5 Å². The average molecular weight is 334 g/mol. The van der Waals surface area contributed by atoms with Crippen molar-refractivity contribution in [1.82, 2.24) is 9.97 Å². The summed E-state index contributed by atoms with van der Waals surface area (Å²) in [6.45, 7) is 0. The highest BCUT2D eigenvalue weighted by atomic mass is 16.5. The molecule has 2 unspecified atom stereocenters. The Morgan fingerprint density at radius 1 is 1.04 bits per heavy atom. The van der Waals surface area contributed by atoms with Crippen molar-refractivity contribution in [2.24, 2.45) is 0 Å². The zero-order chi connectivity index (χ0) is 17.2. The number of rotatable bonds is 5. The van der Waals surface area contributed by atoms with Crippen molar-refractivity contribution in [3.05, 3.63) is 77.4 Å². The molecule has 0 radical (unpaired) electrons. The molecule has 0 amide bonds. The van der Waals surface area contributed by atoms with Crippen molar-refractivity contribution >= 4 is 0 Å². The third-order valence-corrected chi connectivity index (χ3v) is 5.15. The van der Waals surface area contributed by atoms with Crippen LogP contribution in [0.25, 0.3) is 0 Å². The van der Waals surface area contributed by atoms with Gasteiger partial charge in [0.2, 0.25) is 0 Å². The largest absolute Gasteiger partial charge is 0.493 e. The van der Waals surface area contributed by atoms with Gasteiger partial charge in [0, 0.05) is 17.8 Å². The molecule has 1 aromatic heterocycles. The van der Waals surface area contributed by atoms with Crippen LogP contribution in [-0.2, 0) is 6.42 Å². The molecular weight excluding hydrogens is 312 g/mol. The quantitative estimate of drug-likeness (QED) is 0.757. The molecule has 0 saturated heterocycles. The lowest BCUT2D eigenvalue weighted by Gasteiger charge is -2.15. The lowest BCUT2D eigenvalue weighted by atomic mass is 9.92. The van der Waals surface area contributed by atoms with E-state index in [1.54, 1.807) is 20.5 Å². The SMILES string of the molecule is COc1cc2c(cc1OC)C(c1ccccc1)CC2Cc1cnc[nH]1. The maximum Gasteiger partial charge on any atom is 0.161 e. The predicted molar refractivity (Wildman–Crippen MR) is 97.5 cm³/mol. The van der Waals surface area contributed by atoms with Crippen molar-refractivity contribution in [3.63, 3.8) is 0 Å². The first-order chi connectivity index (χ1) is 12.3. The van der Waals surface area contributed by atoms with E-state index in [1.807, 2.05) is 6.20 Å². The highest BCUT2D eigenvalue weighted by molar-refractivity contribution is 5.54. The van der Waals surface area contributed by atoms with E-state index in [4.69, 9.17) is 9.47 Å². The van der Waals surface area contributed by atoms with E-state index >= 15 is 0 Å². The van der Waals surface area contributed by atoms with Crippen molar-refractivity contribution in [2.75, 3.05) is 14.2 Å². The molecule has 0 bridgehead atoms. The van der Waals surface area contributed by atoms with Gasteiger partial charge >= 0.3 is 0 Å². The van der Waals surface area contributed by atoms with Crippen LogP contribution in [0.5, 0.6) is 11.5 Å². The predicted octanol–water partition coefficient (Wildman–Crippen LogP) is 4.29. The molecule has 0 spiro atoms. The summed E-state index contributed by atoms with van der Waals surface area (Å²) in [5.41, 5.74) is 5.21. The molecule has 4 heteroatoms. The van der Waals surface area contributed by atoms with E-state index in [2.05, 4.69) is 52.4 Å². The molecule has 3 aromatic rings. The van der Waals surface area contributed by atoms with Crippen LogP contribution in [0.4, 0.5) is 0 Å². The number of nitrogens with one attached hydrogen (secondary N) is 1. The Bertz CT molecular complexity index is 844. The molecule has 4 nitrogen and oxygen atoms in total. The number of fused-ring (bicyclic) bond motifs is 1. The second-order valence-corrected chi connectivity index (χ2v) is 6.51. The van der Waals surface area contributed by atoms with Gasteiger partial charge in [0.15, 0.2) is 11.5 Å². The maximum atomic E-state index is 5.55. The molecule has 0 saturated carbocycles. The van der Waals surface area contributed by atoms with Crippen LogP contribution >= 0.6 is 0 Å². The monoisotopic (exact) mass is 334 g/mol. The zero-order valence-electron chi connectivity index (χ0n) is 14.5. The number of ether oxygens (including phenoxy) is 2. The Hall–Kier alpha value is -2.75. The minimum absolute atomic E-state index is 0.379. The van der Waals surface area contributed by atoms with Crippen LogP contribution in [0.2, 0.25) is 0 Å². The Balaban J connectivity index is 1.78. The standard InChI is InChI=1S/C21H22N2O2/c1-24-20-10-18-15(8-16-12-22-13-23-16)9-17(14-6-4-3-5-7-14)19(18)11-21(20)25-2/h3-7,10-13,15,17H,8-9H2,1-2H3,(H,22,23). The average Bonchev–Trinajstić information content (AvgIpc) is 3.29. The number of nitrogens with zero attached hydrogens (tertiary/aromatic N) is 1. The summed E-state index contributed by atoms with van der Waals surface area (Å²) in [5.74, 6) is 2.40. The lowest BCUT2D eigenvalue weighted by molar-refractivity contribution is 0.354. The first-order valence-corrected chi connectivity index (χ1v) is 8.58. The van der Waals surface area contributed by atoms with Gasteiger partial charge in [0.05, 0.1) is 20.5 Å². The Morgan fingerprint density at radius 3 is 2.40 bits per heavy atom. The zero-order valence-corrected chi connectivity index (χ0v) is 14.5. The summed E-state index contributed by atoms with van der Waals surface area (Å²) < 4.78 is 11.1. The summed E-state index contributed by atoms with van der Waals surface area (Å²) in [6, 6.07) is 15.0. The fraction of sp³-hybridized carbons (Fsp3) is 0.286. The Kier molecular flexibility index (Phi) is 4.18. The first-order valence-electron chi connectivity index (χ1n) is 8.58. The van der Waals surface area contributed by atoms with E-state index in [1.165, 1.54) is 22.4 Å². The number of imidazole rings is 1. The van der Waals surface area contributed by atoms with E-state index in [-0.39, 0.29) is 0 Å². The molecule has 1 aliphatic carbocycles. The van der Waals surface area contributed by atoms with E-state index in [0.717, 1.165) is 24.3 Å². The van der Waals surface area contributed by atoms with E-state index in [9.17, 15) is 0 Å². The number of hydrogen-bond donors (Lipinski definition) is 1. The molecule has 1 N–H and O–H groups in total. The van der Waals surface area contributed by atoms with Gasteiger partial charge in [-0.05, 0) is 47.6 Å². The number of aromatic nitrogens is 2. The van der Waals surface area contributed by atoms with Crippen LogP contribution in [0, 0.1) is 0 Å². The van der Waals surface area contributed by atoms with Crippen molar-refractivity contribution < 1.29 is 9.47 Å². The molecule has 0 aliphatic heterocycles. The highest BCUT2D eigenvalue weighted by Crippen LogP contribution is 2.49. The van der Waals surface area contributed by atoms with Gasteiger partial charge < -0.3 is 14.5 Å². The normalized spacial score (nSPS) is 18.8. The maximum absolute atomic E-state index is 5.55. The molecule has 128 valence electrons. The van der Waals surface area contributed by atoms with Gasteiger partial charge in [-0.1, -0.05) is 30.3 Å². The van der Waals surface area contributed by atoms with Crippen LogP contribution < -0.4 is 9.47 Å². The number of methoxy groups -OCH3 is 2. The molecule has 2 aromatic carbocycles. The fourth-order valence-corrected chi connectivity index (χ4v) is 3.96. The highest BCUT2D eigenvalue weighted by Gasteiger charge is 2.33. The minimum Gasteiger partial charge on any atom is -0.493 e. The Morgan fingerprint density at radius 2 is 1.76 bits per heavy atom. The Labute approximate surface area is 147 Å². The second-order valence-electron chi connectivity index (χ2n) is 6.51. The third kappa shape index (κ3) is 2.88. The first kappa shape index (κ1) is 15.8. The number of hydrogen-bond acceptors (Lipinski definition) is 3. The number of H-pyrrole nitrogens is 1. The number of aromatic amines is 1. The van der Waals surface area contributed by atoms with E-state index in [0.29, 0.717) is 11.8 Å². The molecule has 25 heavy (non-hydrogen) atoms. The van der Waals surface area contributed by atoms with Gasteiger partial charge in [-0.2, -0.15) is 0 Å². The van der Waals surface area contributed by atoms with Crippen LogP contribution in [0.15, 0.2) is 55.0 Å². The van der Waals surface area contributed by atoms with E-state index < -0.39 is 0 Å². The topological polar surface area (TPSA) is 47.1 Å². The fourth-order valence-electron chi connectivity index (χ4n) is 3.96. The van der Waals surface area contributed by atoms with Crippen molar-refractivity contribution in [2.45, 2.75) is 24.7 Å². The summed E-state index contributed by atoms with van der Waals surface area (Å²) in [5, 5.41) is 0. The van der Waals surface area contributed by atoms with Crippen molar-refractivity contribution in [1.29, 1.82) is 0 Å². The molecular formula is C21H22N2O2. The smallest absolute Gasteiger partial charge is 0.161 e. The number of benzene rings is 2. The third-order valence-electron chi connectivity index (χ3n) is 5.15. The molecule has 1 aliphatic rings. The van der Waals surface area contributed by atoms with Crippen LogP contribution in [-0.4, -0.2) is 24.2 Å². The van der Waals surface area contributed by atoms with Gasteiger partial charge in [-0.3, -0.25) is 0 Å². The van der Waals surface area contributed by atoms with Gasteiger partial charge in [0.25, 0.3) is 0 Å². The van der Waals surface area contributed by atoms with Gasteiger partial charge in [-0.25, -0.2) is 4.98 Å². The lowest BCUT2D eigenvalue weighted by Crippen LogP contribution is -2.00. The van der Waals surface area contributed by atoms with Gasteiger partial charge in [0.1, 0.15) is 0 Å². The molecule has 2 atom stereocenters. The summed E-state index contributed by atoms with van der Waals surface area (Å²) in [6.07, 6.45) is 5.69.